The maximum atomic E-state index is 14.3. The number of esters is 1. The van der Waals surface area contributed by atoms with Crippen LogP contribution in [0.25, 0.3) is 16.8 Å². The van der Waals surface area contributed by atoms with Crippen LogP contribution in [0.4, 0.5) is 0 Å². The van der Waals surface area contributed by atoms with Crippen LogP contribution in [0.2, 0.25) is 0 Å². The summed E-state index contributed by atoms with van der Waals surface area (Å²) in [5.74, 6) is 1.70. The molecule has 0 aliphatic carbocycles. The van der Waals surface area contributed by atoms with Crippen molar-refractivity contribution in [1.29, 1.82) is 0 Å². The highest BCUT2D eigenvalue weighted by Gasteiger charge is 2.31. The average molecular weight is 705 g/mol. The predicted octanol–water partition coefficient (Wildman–Crippen LogP) is 6.67. The molecule has 4 aromatic carbocycles. The van der Waals surface area contributed by atoms with Crippen molar-refractivity contribution in [3.05, 3.63) is 139 Å². The molecule has 262 valence electrons. The molecule has 9 nitrogen and oxygen atoms in total. The van der Waals surface area contributed by atoms with E-state index in [0.29, 0.717) is 70.7 Å². The zero-order valence-corrected chi connectivity index (χ0v) is 30.0. The Labute approximate surface area is 300 Å². The third-order valence-corrected chi connectivity index (χ3v) is 9.37. The van der Waals surface area contributed by atoms with Crippen LogP contribution in [0.3, 0.4) is 0 Å². The summed E-state index contributed by atoms with van der Waals surface area (Å²) in [6, 6.07) is 22.9. The van der Waals surface area contributed by atoms with Gasteiger partial charge in [-0.3, -0.25) is 9.36 Å². The Bertz CT molecular complexity index is 2300. The number of benzene rings is 4. The molecule has 0 amide bonds. The fraction of sp³-hybridized carbons (Fsp3) is 0.244. The molecule has 1 atom stereocenters. The Balaban J connectivity index is 1.43. The van der Waals surface area contributed by atoms with Gasteiger partial charge in [0.1, 0.15) is 6.61 Å². The topological polar surface area (TPSA) is 97.6 Å². The third-order valence-electron chi connectivity index (χ3n) is 8.38. The second-order valence-electron chi connectivity index (χ2n) is 11.6. The van der Waals surface area contributed by atoms with Crippen LogP contribution in [-0.4, -0.2) is 37.5 Å². The number of thiazole rings is 1. The van der Waals surface area contributed by atoms with Crippen LogP contribution < -0.4 is 33.8 Å². The summed E-state index contributed by atoms with van der Waals surface area (Å²) in [6.45, 7) is 11.3. The van der Waals surface area contributed by atoms with Crippen LogP contribution in [0.15, 0.2) is 107 Å². The lowest BCUT2D eigenvalue weighted by Gasteiger charge is -2.23. The number of ether oxygens (including phenoxy) is 5. The van der Waals surface area contributed by atoms with Gasteiger partial charge in [-0.25, -0.2) is 9.79 Å². The maximum absolute atomic E-state index is 14.3. The number of carbonyl (C=O) groups is 1. The number of hydrogen-bond donors (Lipinski definition) is 0. The summed E-state index contributed by atoms with van der Waals surface area (Å²) in [7, 11) is 1.31. The molecule has 0 bridgehead atoms. The third kappa shape index (κ3) is 7.32. The van der Waals surface area contributed by atoms with Crippen molar-refractivity contribution in [2.75, 3.05) is 26.9 Å². The van der Waals surface area contributed by atoms with Crippen LogP contribution in [-0.2, 0) is 22.6 Å². The van der Waals surface area contributed by atoms with Crippen molar-refractivity contribution in [3.8, 4) is 23.0 Å². The normalized spacial score (nSPS) is 13.9. The van der Waals surface area contributed by atoms with Crippen molar-refractivity contribution < 1.29 is 28.5 Å². The molecule has 0 fully saturated rings. The van der Waals surface area contributed by atoms with Crippen molar-refractivity contribution in [1.82, 2.24) is 4.57 Å². The summed E-state index contributed by atoms with van der Waals surface area (Å²) in [6.07, 6.45) is 5.63. The number of methoxy groups -OCH3 is 1. The highest BCUT2D eigenvalue weighted by Crippen LogP contribution is 2.37. The highest BCUT2D eigenvalue weighted by atomic mass is 32.1. The molecule has 10 heteroatoms. The SMILES string of the molecule is C=CCc1cc(/C=c2\sc3n(c2=O)[C@H](c2ccc(OCC)c(OCC)c2)C(C(=O)OC)=CN=3)cc(OCC)c1OCc1cccc2ccccc12. The molecule has 1 aliphatic rings. The summed E-state index contributed by atoms with van der Waals surface area (Å²) in [5, 5.41) is 2.27. The quantitative estimate of drug-likeness (QED) is 0.0941. The van der Waals surface area contributed by atoms with Gasteiger partial charge in [0.05, 0.1) is 43.1 Å². The smallest absolute Gasteiger partial charge is 0.337 e. The minimum Gasteiger partial charge on any atom is -0.490 e. The highest BCUT2D eigenvalue weighted by molar-refractivity contribution is 7.07. The van der Waals surface area contributed by atoms with E-state index in [0.717, 1.165) is 27.5 Å². The Morgan fingerprint density at radius 1 is 0.882 bits per heavy atom. The minimum atomic E-state index is -0.800. The van der Waals surface area contributed by atoms with E-state index in [9.17, 15) is 9.59 Å². The lowest BCUT2D eigenvalue weighted by molar-refractivity contribution is -0.136. The van der Waals surface area contributed by atoms with Crippen molar-refractivity contribution >= 4 is 34.2 Å². The fourth-order valence-corrected chi connectivity index (χ4v) is 7.18. The van der Waals surface area contributed by atoms with E-state index in [4.69, 9.17) is 23.7 Å². The lowest BCUT2D eigenvalue weighted by atomic mass is 9.97. The van der Waals surface area contributed by atoms with Gasteiger partial charge in [0.25, 0.3) is 5.56 Å². The molecule has 0 spiro atoms. The Morgan fingerprint density at radius 2 is 1.63 bits per heavy atom. The number of fused-ring (bicyclic) bond motifs is 2. The largest absolute Gasteiger partial charge is 0.490 e. The Morgan fingerprint density at radius 3 is 2.39 bits per heavy atom. The molecule has 1 aromatic heterocycles. The number of aromatic nitrogens is 1. The predicted molar refractivity (Wildman–Crippen MR) is 200 cm³/mol. The first-order valence-electron chi connectivity index (χ1n) is 16.9. The van der Waals surface area contributed by atoms with Gasteiger partial charge < -0.3 is 23.7 Å². The molecule has 6 rings (SSSR count). The number of nitrogens with zero attached hydrogens (tertiary/aromatic N) is 2. The lowest BCUT2D eigenvalue weighted by Crippen LogP contribution is -2.39. The maximum Gasteiger partial charge on any atom is 0.337 e. The van der Waals surface area contributed by atoms with Gasteiger partial charge in [0.2, 0.25) is 0 Å². The van der Waals surface area contributed by atoms with Gasteiger partial charge in [-0.05, 0) is 85.0 Å². The summed E-state index contributed by atoms with van der Waals surface area (Å²) < 4.78 is 31.3. The Hall–Kier alpha value is -5.61. The molecule has 0 saturated carbocycles. The minimum absolute atomic E-state index is 0.225. The van der Waals surface area contributed by atoms with E-state index in [2.05, 4.69) is 35.8 Å². The Kier molecular flexibility index (Phi) is 11.0. The van der Waals surface area contributed by atoms with Crippen molar-refractivity contribution in [2.45, 2.75) is 39.8 Å². The first-order chi connectivity index (χ1) is 24.9. The van der Waals surface area contributed by atoms with E-state index < -0.39 is 12.0 Å². The number of rotatable bonds is 14. The van der Waals surface area contributed by atoms with Crippen LogP contribution in [0.1, 0.15) is 49.1 Å². The first-order valence-corrected chi connectivity index (χ1v) is 17.7. The molecule has 0 N–H and O–H groups in total. The number of allylic oxidation sites excluding steroid dienone is 1. The van der Waals surface area contributed by atoms with E-state index >= 15 is 0 Å². The van der Waals surface area contributed by atoms with E-state index in [1.807, 2.05) is 69.3 Å². The molecular formula is C41H40N2O7S. The molecule has 0 radical (unpaired) electrons. The van der Waals surface area contributed by atoms with Gasteiger partial charge in [0.15, 0.2) is 27.8 Å². The van der Waals surface area contributed by atoms with Crippen LogP contribution >= 0.6 is 11.3 Å². The molecule has 1 aliphatic heterocycles. The van der Waals surface area contributed by atoms with Gasteiger partial charge >= 0.3 is 5.97 Å². The molecule has 5 aromatic rings. The molecule has 0 unspecified atom stereocenters. The summed E-state index contributed by atoms with van der Waals surface area (Å²) in [4.78, 5) is 32.3. The monoisotopic (exact) mass is 704 g/mol. The second-order valence-corrected chi connectivity index (χ2v) is 12.6. The number of hydrogen-bond acceptors (Lipinski definition) is 9. The van der Waals surface area contributed by atoms with Crippen molar-refractivity contribution in [2.24, 2.45) is 4.99 Å². The van der Waals surface area contributed by atoms with Gasteiger partial charge in [-0.15, -0.1) is 6.58 Å². The zero-order valence-electron chi connectivity index (χ0n) is 29.1. The molecule has 51 heavy (non-hydrogen) atoms. The van der Waals surface area contributed by atoms with E-state index in [1.54, 1.807) is 12.1 Å². The van der Waals surface area contributed by atoms with Crippen molar-refractivity contribution in [3.63, 3.8) is 0 Å². The summed E-state index contributed by atoms with van der Waals surface area (Å²) in [5.41, 5.74) is 3.26. The standard InChI is InChI=1S/C41H40N2O7S/c1-6-13-29-20-26(21-35(49-9-4)38(29)50-25-30-16-12-15-27-14-10-11-17-31(27)30)22-36-39(44)43-37(32(40(45)46-5)24-42-41(43)51-36)28-18-19-33(47-7-2)34(23-28)48-8-3/h6,10-12,14-24,37H,1,7-9,13,25H2,2-5H3/b36-22-/t37-/m1/s1. The van der Waals surface area contributed by atoms with E-state index in [-0.39, 0.29) is 11.1 Å². The van der Waals surface area contributed by atoms with E-state index in [1.165, 1.54) is 29.2 Å². The molecule has 0 saturated heterocycles. The number of carbonyl (C=O) groups excluding carboxylic acids is 1. The summed E-state index contributed by atoms with van der Waals surface area (Å²) >= 11 is 1.24. The van der Waals surface area contributed by atoms with Crippen LogP contribution in [0.5, 0.6) is 23.0 Å². The van der Waals surface area contributed by atoms with Gasteiger partial charge in [-0.1, -0.05) is 65.9 Å². The molecule has 2 heterocycles. The second kappa shape index (κ2) is 15.9. The van der Waals surface area contributed by atoms with Gasteiger partial charge in [0, 0.05) is 11.8 Å². The van der Waals surface area contributed by atoms with Gasteiger partial charge in [-0.2, -0.15) is 0 Å². The zero-order chi connectivity index (χ0) is 35.9. The fourth-order valence-electron chi connectivity index (χ4n) is 6.21. The van der Waals surface area contributed by atoms with Crippen LogP contribution in [0, 0.1) is 0 Å². The average Bonchev–Trinajstić information content (AvgIpc) is 3.46. The first kappa shape index (κ1) is 35.2. The molecular weight excluding hydrogens is 665 g/mol.